The smallest absolute Gasteiger partial charge is 0.236 e. The lowest BCUT2D eigenvalue weighted by Gasteiger charge is -2.18. The normalized spacial score (nSPS) is 14.1. The van der Waals surface area contributed by atoms with Crippen LogP contribution < -0.4 is 11.1 Å². The Morgan fingerprint density at radius 3 is 2.45 bits per heavy atom. The Labute approximate surface area is 121 Å². The molecule has 0 aromatic heterocycles. The Kier molecular flexibility index (Phi) is 6.13. The molecule has 0 bridgehead atoms. The van der Waals surface area contributed by atoms with Gasteiger partial charge in [0.2, 0.25) is 5.91 Å². The summed E-state index contributed by atoms with van der Waals surface area (Å²) in [6, 6.07) is 3.79. The molecule has 0 aliphatic heterocycles. The van der Waals surface area contributed by atoms with Gasteiger partial charge in [0.1, 0.15) is 11.1 Å². The van der Waals surface area contributed by atoms with E-state index in [4.69, 9.17) is 5.73 Å². The molecule has 1 aromatic rings. The molecule has 0 heterocycles. The van der Waals surface area contributed by atoms with E-state index in [0.29, 0.717) is 0 Å². The summed E-state index contributed by atoms with van der Waals surface area (Å²) in [7, 11) is -1.63. The van der Waals surface area contributed by atoms with E-state index >= 15 is 0 Å². The lowest BCUT2D eigenvalue weighted by Crippen LogP contribution is -2.41. The number of benzene rings is 1. The summed E-state index contributed by atoms with van der Waals surface area (Å²) >= 11 is 0. The summed E-state index contributed by atoms with van der Waals surface area (Å²) in [5.74, 6) is -0.846. The highest BCUT2D eigenvalue weighted by Crippen LogP contribution is 2.17. The van der Waals surface area contributed by atoms with Gasteiger partial charge in [-0.2, -0.15) is 0 Å². The Bertz CT molecular complexity index is 484. The first-order valence-corrected chi connectivity index (χ1v) is 7.87. The largest absolute Gasteiger partial charge is 0.399 e. The maximum Gasteiger partial charge on any atom is 0.236 e. The molecule has 20 heavy (non-hydrogen) atoms. The SMILES string of the molecule is CCC(CC)NC(=O)C(C)S(=O)c1cc(N)cc(F)c1. The molecule has 1 rings (SSSR count). The molecule has 3 N–H and O–H groups in total. The van der Waals surface area contributed by atoms with Crippen LogP contribution in [0.4, 0.5) is 10.1 Å². The second-order valence-corrected chi connectivity index (χ2v) is 6.46. The standard InChI is InChI=1S/C14H21FN2O2S/c1-4-12(5-2)17-14(18)9(3)20(19)13-7-10(15)6-11(16)8-13/h6-9,12H,4-5,16H2,1-3H3,(H,17,18). The zero-order chi connectivity index (χ0) is 15.3. The lowest BCUT2D eigenvalue weighted by molar-refractivity contribution is -0.121. The third-order valence-corrected chi connectivity index (χ3v) is 4.70. The van der Waals surface area contributed by atoms with Crippen molar-refractivity contribution in [1.29, 1.82) is 0 Å². The maximum atomic E-state index is 13.3. The topological polar surface area (TPSA) is 72.2 Å². The number of nitrogens with two attached hydrogens (primary N) is 1. The van der Waals surface area contributed by atoms with Crippen molar-refractivity contribution in [2.45, 2.75) is 49.8 Å². The summed E-state index contributed by atoms with van der Waals surface area (Å²) in [5.41, 5.74) is 5.72. The summed E-state index contributed by atoms with van der Waals surface area (Å²) in [4.78, 5) is 12.3. The Morgan fingerprint density at radius 2 is 1.95 bits per heavy atom. The van der Waals surface area contributed by atoms with Gasteiger partial charge in [-0.1, -0.05) is 13.8 Å². The molecule has 0 aliphatic rings. The van der Waals surface area contributed by atoms with Gasteiger partial charge in [0, 0.05) is 16.6 Å². The third-order valence-electron chi connectivity index (χ3n) is 3.15. The summed E-state index contributed by atoms with van der Waals surface area (Å²) in [6.45, 7) is 5.52. The van der Waals surface area contributed by atoms with Gasteiger partial charge in [-0.05, 0) is 38.0 Å². The highest BCUT2D eigenvalue weighted by molar-refractivity contribution is 7.86. The van der Waals surface area contributed by atoms with Crippen LogP contribution in [0, 0.1) is 5.82 Å². The van der Waals surface area contributed by atoms with Gasteiger partial charge in [-0.3, -0.25) is 9.00 Å². The molecule has 1 aromatic carbocycles. The Hall–Kier alpha value is -1.43. The fourth-order valence-electron chi connectivity index (χ4n) is 1.81. The molecule has 6 heteroatoms. The number of nitrogen functional groups attached to an aromatic ring is 1. The second-order valence-electron chi connectivity index (χ2n) is 4.68. The molecule has 0 saturated carbocycles. The predicted octanol–water partition coefficient (Wildman–Crippen LogP) is 2.21. The molecule has 1 amide bonds. The van der Waals surface area contributed by atoms with E-state index in [9.17, 15) is 13.4 Å². The molecule has 0 spiro atoms. The molecule has 112 valence electrons. The van der Waals surface area contributed by atoms with Gasteiger partial charge in [-0.15, -0.1) is 0 Å². The lowest BCUT2D eigenvalue weighted by atomic mass is 10.2. The van der Waals surface area contributed by atoms with Gasteiger partial charge < -0.3 is 11.1 Å². The fourth-order valence-corrected chi connectivity index (χ4v) is 2.96. The molecule has 0 aliphatic carbocycles. The van der Waals surface area contributed by atoms with Crippen LogP contribution >= 0.6 is 0 Å². The number of hydrogen-bond donors (Lipinski definition) is 2. The number of rotatable bonds is 6. The van der Waals surface area contributed by atoms with E-state index < -0.39 is 21.9 Å². The molecule has 0 fully saturated rings. The van der Waals surface area contributed by atoms with Crippen molar-refractivity contribution in [3.05, 3.63) is 24.0 Å². The van der Waals surface area contributed by atoms with Gasteiger partial charge in [0.15, 0.2) is 0 Å². The molecule has 4 nitrogen and oxygen atoms in total. The van der Waals surface area contributed by atoms with E-state index in [1.165, 1.54) is 6.07 Å². The molecule has 2 unspecified atom stereocenters. The predicted molar refractivity (Wildman–Crippen MR) is 79.2 cm³/mol. The zero-order valence-electron chi connectivity index (χ0n) is 12.0. The number of hydrogen-bond acceptors (Lipinski definition) is 3. The van der Waals surface area contributed by atoms with Gasteiger partial charge in [0.25, 0.3) is 0 Å². The van der Waals surface area contributed by atoms with Crippen LogP contribution in [0.25, 0.3) is 0 Å². The van der Waals surface area contributed by atoms with Crippen LogP contribution in [0.3, 0.4) is 0 Å². The van der Waals surface area contributed by atoms with Gasteiger partial charge in [-0.25, -0.2) is 4.39 Å². The van der Waals surface area contributed by atoms with E-state index in [2.05, 4.69) is 5.32 Å². The summed E-state index contributed by atoms with van der Waals surface area (Å²) in [5, 5.41) is 2.09. The first-order valence-electron chi connectivity index (χ1n) is 6.66. The minimum absolute atomic E-state index is 0.0690. The van der Waals surface area contributed by atoms with E-state index in [0.717, 1.165) is 25.0 Å². The Morgan fingerprint density at radius 1 is 1.35 bits per heavy atom. The number of nitrogens with one attached hydrogen (secondary N) is 1. The molecule has 0 saturated heterocycles. The average Bonchev–Trinajstić information content (AvgIpc) is 2.41. The van der Waals surface area contributed by atoms with Crippen molar-refractivity contribution in [1.82, 2.24) is 5.32 Å². The van der Waals surface area contributed by atoms with Crippen molar-refractivity contribution in [3.63, 3.8) is 0 Å². The van der Waals surface area contributed by atoms with Crippen LogP contribution in [-0.2, 0) is 15.6 Å². The maximum absolute atomic E-state index is 13.3. The van der Waals surface area contributed by atoms with Crippen LogP contribution in [0.15, 0.2) is 23.1 Å². The number of halogens is 1. The van der Waals surface area contributed by atoms with Crippen LogP contribution in [0.1, 0.15) is 33.6 Å². The van der Waals surface area contributed by atoms with E-state index in [-0.39, 0.29) is 22.5 Å². The van der Waals surface area contributed by atoms with E-state index in [1.54, 1.807) is 6.92 Å². The number of amides is 1. The summed E-state index contributed by atoms with van der Waals surface area (Å²) < 4.78 is 25.5. The van der Waals surface area contributed by atoms with Crippen molar-refractivity contribution in [3.8, 4) is 0 Å². The summed E-state index contributed by atoms with van der Waals surface area (Å²) in [6.07, 6.45) is 1.63. The van der Waals surface area contributed by atoms with Crippen LogP contribution in [0.5, 0.6) is 0 Å². The quantitative estimate of drug-likeness (QED) is 0.791. The second kappa shape index (κ2) is 7.38. The highest BCUT2D eigenvalue weighted by atomic mass is 32.2. The molecular weight excluding hydrogens is 279 g/mol. The fraction of sp³-hybridized carbons (Fsp3) is 0.500. The zero-order valence-corrected chi connectivity index (χ0v) is 12.8. The van der Waals surface area contributed by atoms with Crippen LogP contribution in [-0.4, -0.2) is 21.4 Å². The first-order chi connectivity index (χ1) is 9.38. The first kappa shape index (κ1) is 16.6. The average molecular weight is 300 g/mol. The van der Waals surface area contributed by atoms with Crippen molar-refractivity contribution in [2.75, 3.05) is 5.73 Å². The van der Waals surface area contributed by atoms with Crippen molar-refractivity contribution in [2.24, 2.45) is 0 Å². The monoisotopic (exact) mass is 300 g/mol. The van der Waals surface area contributed by atoms with Gasteiger partial charge in [0.05, 0.1) is 10.8 Å². The van der Waals surface area contributed by atoms with Crippen molar-refractivity contribution < 1.29 is 13.4 Å². The minimum Gasteiger partial charge on any atom is -0.399 e. The number of carbonyl (C=O) groups excluding carboxylic acids is 1. The molecular formula is C14H21FN2O2S. The number of anilines is 1. The number of carbonyl (C=O) groups is 1. The Balaban J connectivity index is 2.82. The molecule has 0 radical (unpaired) electrons. The third kappa shape index (κ3) is 4.30. The van der Waals surface area contributed by atoms with E-state index in [1.807, 2.05) is 13.8 Å². The van der Waals surface area contributed by atoms with Crippen molar-refractivity contribution >= 4 is 22.4 Å². The highest BCUT2D eigenvalue weighted by Gasteiger charge is 2.23. The van der Waals surface area contributed by atoms with Crippen LogP contribution in [0.2, 0.25) is 0 Å². The van der Waals surface area contributed by atoms with Gasteiger partial charge >= 0.3 is 0 Å². The molecule has 2 atom stereocenters. The minimum atomic E-state index is -1.63.